The van der Waals surface area contributed by atoms with Crippen LogP contribution >= 0.6 is 0 Å². The summed E-state index contributed by atoms with van der Waals surface area (Å²) in [7, 11) is 0. The highest BCUT2D eigenvalue weighted by molar-refractivity contribution is 6.05. The number of carbonyl (C=O) groups is 1. The Morgan fingerprint density at radius 2 is 1.84 bits per heavy atom. The first-order chi connectivity index (χ1) is 20.2. The number of anilines is 3. The number of hydrogen-bond donors (Lipinski definition) is 2. The first kappa shape index (κ1) is 28.5. The number of pyridine rings is 1. The number of aliphatic hydroxyl groups is 1. The van der Waals surface area contributed by atoms with Crippen LogP contribution in [-0.2, 0) is 18.3 Å². The van der Waals surface area contributed by atoms with Crippen molar-refractivity contribution in [2.45, 2.75) is 43.0 Å². The minimum Gasteiger partial charge on any atom is -0.368 e. The van der Waals surface area contributed by atoms with Crippen molar-refractivity contribution >= 4 is 23.2 Å². The molecule has 3 aliphatic heterocycles. The van der Waals surface area contributed by atoms with Crippen molar-refractivity contribution < 1.29 is 36.2 Å². The topological polar surface area (TPSA) is 93.4 Å². The number of fused-ring (bicyclic) bond motifs is 4. The Labute approximate surface area is 241 Å². The maximum absolute atomic E-state index is 13.7. The van der Waals surface area contributed by atoms with Crippen molar-refractivity contribution in [1.82, 2.24) is 4.98 Å². The van der Waals surface area contributed by atoms with Crippen LogP contribution in [0.4, 0.5) is 48.3 Å². The second kappa shape index (κ2) is 9.70. The Kier molecular flexibility index (Phi) is 6.42. The Balaban J connectivity index is 1.37. The molecule has 0 spiro atoms. The smallest absolute Gasteiger partial charge is 0.368 e. The van der Waals surface area contributed by atoms with E-state index >= 15 is 0 Å². The highest BCUT2D eigenvalue weighted by atomic mass is 19.4. The van der Waals surface area contributed by atoms with Crippen LogP contribution in [-0.4, -0.2) is 41.1 Å². The molecular weight excluding hydrogens is 578 g/mol. The number of nitrogens with zero attached hydrogens (tertiary/aromatic N) is 5. The first-order valence-corrected chi connectivity index (χ1v) is 13.1. The number of hydrogen-bond acceptors (Lipinski definition) is 6. The van der Waals surface area contributed by atoms with E-state index in [2.05, 4.69) is 26.4 Å². The van der Waals surface area contributed by atoms with Gasteiger partial charge in [0.15, 0.2) is 11.5 Å². The molecule has 0 radical (unpaired) electrons. The second-order valence-electron chi connectivity index (χ2n) is 10.5. The molecule has 3 aliphatic rings. The van der Waals surface area contributed by atoms with E-state index in [4.69, 9.17) is 6.42 Å². The standard InChI is InChI=1S/C29H22F6N6O2/c1-2-3-5-17-12-18(14-20(13-17)28(30,31)32)22-8-9-23-24(37-22)41(26(43)10-11-40(23)16-26)25(42)36-21-7-4-6-19(15-21)27(38-39-27)29(33,34)35/h1,4,6-9,12-15,43H,3,5,10-11,16H2,(H,36,42). The number of carbonyl (C=O) groups excluding carboxylic acids is 1. The molecule has 2 amide bonds. The first-order valence-electron chi connectivity index (χ1n) is 13.1. The van der Waals surface area contributed by atoms with Gasteiger partial charge < -0.3 is 15.3 Å². The maximum Gasteiger partial charge on any atom is 0.442 e. The van der Waals surface area contributed by atoms with Gasteiger partial charge in [0.2, 0.25) is 0 Å². The van der Waals surface area contributed by atoms with Crippen LogP contribution in [0.5, 0.6) is 0 Å². The molecule has 2 N–H and O–H groups in total. The molecule has 8 nitrogen and oxygen atoms in total. The monoisotopic (exact) mass is 600 g/mol. The summed E-state index contributed by atoms with van der Waals surface area (Å²) in [4.78, 5) is 21.0. The van der Waals surface area contributed by atoms with Crippen molar-refractivity contribution in [2.24, 2.45) is 10.2 Å². The molecule has 6 rings (SSSR count). The molecule has 3 aromatic rings. The number of nitrogens with one attached hydrogen (secondary N) is 1. The average Bonchev–Trinajstić information content (AvgIpc) is 3.70. The molecule has 2 aromatic carbocycles. The molecular formula is C29H22F6N6O2. The van der Waals surface area contributed by atoms with Crippen LogP contribution in [0.3, 0.4) is 0 Å². The fourth-order valence-electron chi connectivity index (χ4n) is 5.46. The number of rotatable bonds is 5. The average molecular weight is 601 g/mol. The lowest BCUT2D eigenvalue weighted by atomic mass is 9.99. The number of aryl methyl sites for hydroxylation is 1. The molecule has 222 valence electrons. The van der Waals surface area contributed by atoms with Crippen molar-refractivity contribution in [1.29, 1.82) is 0 Å². The van der Waals surface area contributed by atoms with Gasteiger partial charge in [-0.2, -0.15) is 26.3 Å². The van der Waals surface area contributed by atoms with E-state index in [0.717, 1.165) is 23.1 Å². The molecule has 0 aliphatic carbocycles. The van der Waals surface area contributed by atoms with E-state index in [-0.39, 0.29) is 54.1 Å². The summed E-state index contributed by atoms with van der Waals surface area (Å²) in [6.45, 7) is 0.393. The molecule has 2 bridgehead atoms. The summed E-state index contributed by atoms with van der Waals surface area (Å²) in [6.07, 6.45) is -3.55. The molecule has 1 saturated heterocycles. The molecule has 1 aromatic heterocycles. The SMILES string of the molecule is C#CCCc1cc(-c2ccc3c(n2)N(C(=O)Nc2cccc(C4(C(F)(F)F)N=N4)c2)C2(O)CCN3C2)cc(C(F)(F)F)c1. The van der Waals surface area contributed by atoms with Crippen LogP contribution < -0.4 is 15.1 Å². The minimum absolute atomic E-state index is 0.0128. The second-order valence-corrected chi connectivity index (χ2v) is 10.5. The molecule has 14 heteroatoms. The molecule has 1 fully saturated rings. The number of aromatic nitrogens is 1. The van der Waals surface area contributed by atoms with Gasteiger partial charge in [0.25, 0.3) is 0 Å². The summed E-state index contributed by atoms with van der Waals surface area (Å²) in [5, 5.41) is 20.4. The zero-order chi connectivity index (χ0) is 30.8. The van der Waals surface area contributed by atoms with Gasteiger partial charge in [0, 0.05) is 36.2 Å². The molecule has 0 saturated carbocycles. The highest BCUT2D eigenvalue weighted by Crippen LogP contribution is 2.52. The summed E-state index contributed by atoms with van der Waals surface area (Å²) in [6, 6.07) is 10.7. The summed E-state index contributed by atoms with van der Waals surface area (Å²) >= 11 is 0. The van der Waals surface area contributed by atoms with Gasteiger partial charge in [0.05, 0.1) is 23.5 Å². The van der Waals surface area contributed by atoms with Gasteiger partial charge in [-0.3, -0.25) is 0 Å². The third kappa shape index (κ3) is 4.93. The van der Waals surface area contributed by atoms with Crippen LogP contribution in [0.25, 0.3) is 11.3 Å². The number of amides is 2. The lowest BCUT2D eigenvalue weighted by Crippen LogP contribution is -2.58. The van der Waals surface area contributed by atoms with Gasteiger partial charge in [-0.1, -0.05) is 12.1 Å². The van der Waals surface area contributed by atoms with Crippen LogP contribution in [0.2, 0.25) is 0 Å². The van der Waals surface area contributed by atoms with E-state index in [1.807, 2.05) is 0 Å². The maximum atomic E-state index is 13.7. The van der Waals surface area contributed by atoms with Crippen LogP contribution in [0.1, 0.15) is 29.5 Å². The van der Waals surface area contributed by atoms with E-state index in [9.17, 15) is 36.2 Å². The number of halogens is 6. The van der Waals surface area contributed by atoms with Crippen LogP contribution in [0.15, 0.2) is 64.8 Å². The largest absolute Gasteiger partial charge is 0.442 e. The van der Waals surface area contributed by atoms with Gasteiger partial charge in [-0.25, -0.2) is 14.7 Å². The summed E-state index contributed by atoms with van der Waals surface area (Å²) < 4.78 is 81.8. The van der Waals surface area contributed by atoms with E-state index < -0.39 is 35.3 Å². The molecule has 4 heterocycles. The van der Waals surface area contributed by atoms with Crippen LogP contribution in [0, 0.1) is 12.3 Å². The lowest BCUT2D eigenvalue weighted by molar-refractivity contribution is -0.166. The summed E-state index contributed by atoms with van der Waals surface area (Å²) in [5.41, 5.74) is -4.58. The van der Waals surface area contributed by atoms with Crippen molar-refractivity contribution in [3.63, 3.8) is 0 Å². The highest BCUT2D eigenvalue weighted by Gasteiger charge is 2.65. The Morgan fingerprint density at radius 1 is 1.07 bits per heavy atom. The number of urea groups is 1. The zero-order valence-corrected chi connectivity index (χ0v) is 22.2. The van der Waals surface area contributed by atoms with Gasteiger partial charge in [0.1, 0.15) is 0 Å². The number of terminal acetylenes is 1. The number of benzene rings is 2. The normalized spacial score (nSPS) is 20.0. The summed E-state index contributed by atoms with van der Waals surface area (Å²) in [5.74, 6) is 2.39. The molecule has 1 atom stereocenters. The molecule has 43 heavy (non-hydrogen) atoms. The Hall–Kier alpha value is -4.64. The van der Waals surface area contributed by atoms with Gasteiger partial charge in [-0.05, 0) is 54.4 Å². The lowest BCUT2D eigenvalue weighted by Gasteiger charge is -2.41. The third-order valence-electron chi connectivity index (χ3n) is 7.64. The van der Waals surface area contributed by atoms with E-state index in [1.54, 1.807) is 11.0 Å². The van der Waals surface area contributed by atoms with Gasteiger partial charge >= 0.3 is 24.0 Å². The number of alkyl halides is 6. The van der Waals surface area contributed by atoms with E-state index in [0.29, 0.717) is 17.8 Å². The fourth-order valence-corrected chi connectivity index (χ4v) is 5.46. The predicted molar refractivity (Wildman–Crippen MR) is 144 cm³/mol. The Bertz CT molecular complexity index is 1690. The third-order valence-corrected chi connectivity index (χ3v) is 7.64. The van der Waals surface area contributed by atoms with Crippen molar-refractivity contribution in [3.05, 3.63) is 71.3 Å². The zero-order valence-electron chi connectivity index (χ0n) is 22.2. The minimum atomic E-state index is -4.77. The van der Waals surface area contributed by atoms with Crippen molar-refractivity contribution in [2.75, 3.05) is 28.2 Å². The quantitative estimate of drug-likeness (QED) is 0.260. The Morgan fingerprint density at radius 3 is 2.51 bits per heavy atom. The molecule has 1 unspecified atom stereocenters. The van der Waals surface area contributed by atoms with E-state index in [1.165, 1.54) is 30.3 Å². The predicted octanol–water partition coefficient (Wildman–Crippen LogP) is 6.46. The fraction of sp³-hybridized carbons (Fsp3) is 0.310. The van der Waals surface area contributed by atoms with Crippen molar-refractivity contribution in [3.8, 4) is 23.6 Å². The van der Waals surface area contributed by atoms with Gasteiger partial charge in [-0.15, -0.1) is 22.6 Å².